The third-order valence-corrected chi connectivity index (χ3v) is 4.93. The van der Waals surface area contributed by atoms with E-state index < -0.39 is 9.84 Å². The number of rotatable bonds is 9. The van der Waals surface area contributed by atoms with Gasteiger partial charge in [-0.25, -0.2) is 8.42 Å². The Morgan fingerprint density at radius 3 is 2.64 bits per heavy atom. The molecule has 0 aliphatic carbocycles. The van der Waals surface area contributed by atoms with E-state index in [0.29, 0.717) is 12.4 Å². The van der Waals surface area contributed by atoms with Crippen LogP contribution < -0.4 is 15.5 Å². The van der Waals surface area contributed by atoms with Crippen LogP contribution in [-0.2, 0) is 9.84 Å². The second kappa shape index (κ2) is 10.3. The molecule has 1 aromatic rings. The second-order valence-electron chi connectivity index (χ2n) is 6.38. The van der Waals surface area contributed by atoms with Crippen LogP contribution in [0.3, 0.4) is 0 Å². The molecule has 0 radical (unpaired) electrons. The maximum absolute atomic E-state index is 11.3. The predicted molar refractivity (Wildman–Crippen MR) is 107 cm³/mol. The van der Waals surface area contributed by atoms with Crippen LogP contribution in [0, 0.1) is 6.92 Å². The molecule has 0 aliphatic heterocycles. The van der Waals surface area contributed by atoms with Crippen molar-refractivity contribution in [2.24, 2.45) is 4.99 Å². The van der Waals surface area contributed by atoms with E-state index in [-0.39, 0.29) is 11.8 Å². The molecule has 1 aromatic carbocycles. The number of sulfone groups is 1. The molecule has 0 aliphatic rings. The van der Waals surface area contributed by atoms with Gasteiger partial charge in [0.25, 0.3) is 0 Å². The first-order valence-corrected chi connectivity index (χ1v) is 10.8. The quantitative estimate of drug-likeness (QED) is 0.514. The standard InChI is InChI=1S/C18H32N4O2S/c1-6-22(17-9-7-8-15(2)14-17)12-11-20-18(19-4)21-16(3)10-13-25(5,23)24/h7-9,14,16H,6,10-13H2,1-5H3,(H2,19,20,21). The Morgan fingerprint density at radius 1 is 1.36 bits per heavy atom. The molecule has 0 saturated heterocycles. The van der Waals surface area contributed by atoms with Crippen molar-refractivity contribution in [3.8, 4) is 0 Å². The fourth-order valence-electron chi connectivity index (χ4n) is 2.49. The highest BCUT2D eigenvalue weighted by atomic mass is 32.2. The van der Waals surface area contributed by atoms with Gasteiger partial charge < -0.3 is 15.5 Å². The van der Waals surface area contributed by atoms with E-state index in [1.807, 2.05) is 6.92 Å². The number of hydrogen-bond donors (Lipinski definition) is 2. The molecular weight excluding hydrogens is 336 g/mol. The normalized spacial score (nSPS) is 13.4. The summed E-state index contributed by atoms with van der Waals surface area (Å²) in [5.41, 5.74) is 2.47. The van der Waals surface area contributed by atoms with Gasteiger partial charge in [-0.3, -0.25) is 4.99 Å². The number of guanidine groups is 1. The van der Waals surface area contributed by atoms with Crippen LogP contribution in [-0.4, -0.2) is 59.1 Å². The van der Waals surface area contributed by atoms with Crippen molar-refractivity contribution in [3.05, 3.63) is 29.8 Å². The smallest absolute Gasteiger partial charge is 0.191 e. The van der Waals surface area contributed by atoms with Gasteiger partial charge in [0.1, 0.15) is 9.84 Å². The van der Waals surface area contributed by atoms with Gasteiger partial charge in [-0.1, -0.05) is 12.1 Å². The number of nitrogens with zero attached hydrogens (tertiary/aromatic N) is 2. The van der Waals surface area contributed by atoms with Crippen molar-refractivity contribution in [2.45, 2.75) is 33.2 Å². The fraction of sp³-hybridized carbons (Fsp3) is 0.611. The molecule has 7 heteroatoms. The Kier molecular flexibility index (Phi) is 8.75. The van der Waals surface area contributed by atoms with Crippen molar-refractivity contribution >= 4 is 21.5 Å². The molecule has 6 nitrogen and oxygen atoms in total. The maximum Gasteiger partial charge on any atom is 0.191 e. The molecule has 142 valence electrons. The lowest BCUT2D eigenvalue weighted by atomic mass is 10.2. The molecule has 0 saturated carbocycles. The Bertz CT molecular complexity index is 659. The zero-order valence-electron chi connectivity index (χ0n) is 16.0. The number of aliphatic imine (C=N–C) groups is 1. The average Bonchev–Trinajstić information content (AvgIpc) is 2.55. The first-order chi connectivity index (χ1) is 11.7. The lowest BCUT2D eigenvalue weighted by molar-refractivity contribution is 0.581. The van der Waals surface area contributed by atoms with Gasteiger partial charge in [-0.2, -0.15) is 0 Å². The van der Waals surface area contributed by atoms with E-state index >= 15 is 0 Å². The average molecular weight is 369 g/mol. The summed E-state index contributed by atoms with van der Waals surface area (Å²) in [4.78, 5) is 6.51. The number of hydrogen-bond acceptors (Lipinski definition) is 4. The van der Waals surface area contributed by atoms with E-state index in [0.717, 1.165) is 19.6 Å². The van der Waals surface area contributed by atoms with Gasteiger partial charge in [0.2, 0.25) is 0 Å². The molecular formula is C18H32N4O2S. The van der Waals surface area contributed by atoms with Crippen LogP contribution in [0.5, 0.6) is 0 Å². The third kappa shape index (κ3) is 8.77. The summed E-state index contributed by atoms with van der Waals surface area (Å²) in [5, 5.41) is 6.53. The van der Waals surface area contributed by atoms with Gasteiger partial charge in [0, 0.05) is 44.7 Å². The summed E-state index contributed by atoms with van der Waals surface area (Å²) >= 11 is 0. The zero-order valence-corrected chi connectivity index (χ0v) is 16.9. The molecule has 0 amide bonds. The summed E-state index contributed by atoms with van der Waals surface area (Å²) in [6.07, 6.45) is 1.82. The minimum Gasteiger partial charge on any atom is -0.370 e. The highest BCUT2D eigenvalue weighted by Gasteiger charge is 2.10. The number of benzene rings is 1. The van der Waals surface area contributed by atoms with Crippen molar-refractivity contribution in [1.82, 2.24) is 10.6 Å². The number of anilines is 1. The molecule has 1 rings (SSSR count). The SMILES string of the molecule is CCN(CCNC(=NC)NC(C)CCS(C)(=O)=O)c1cccc(C)c1. The van der Waals surface area contributed by atoms with E-state index in [1.54, 1.807) is 7.05 Å². The Labute approximate surface area is 152 Å². The Balaban J connectivity index is 2.46. The van der Waals surface area contributed by atoms with Gasteiger partial charge in [-0.05, 0) is 44.9 Å². The molecule has 0 bridgehead atoms. The van der Waals surface area contributed by atoms with Crippen LogP contribution in [0.4, 0.5) is 5.69 Å². The summed E-state index contributed by atoms with van der Waals surface area (Å²) in [6, 6.07) is 8.52. The topological polar surface area (TPSA) is 73.8 Å². The molecule has 1 atom stereocenters. The van der Waals surface area contributed by atoms with Crippen LogP contribution in [0.2, 0.25) is 0 Å². The largest absolute Gasteiger partial charge is 0.370 e. The van der Waals surface area contributed by atoms with E-state index in [4.69, 9.17) is 0 Å². The van der Waals surface area contributed by atoms with Crippen molar-refractivity contribution in [2.75, 3.05) is 43.6 Å². The van der Waals surface area contributed by atoms with Gasteiger partial charge in [0.05, 0.1) is 5.75 Å². The molecule has 2 N–H and O–H groups in total. The highest BCUT2D eigenvalue weighted by Crippen LogP contribution is 2.14. The maximum atomic E-state index is 11.3. The zero-order chi connectivity index (χ0) is 18.9. The van der Waals surface area contributed by atoms with Gasteiger partial charge in [0.15, 0.2) is 5.96 Å². The van der Waals surface area contributed by atoms with Crippen molar-refractivity contribution < 1.29 is 8.42 Å². The minimum atomic E-state index is -2.93. The molecule has 0 aromatic heterocycles. The number of nitrogens with one attached hydrogen (secondary N) is 2. The molecule has 1 unspecified atom stereocenters. The van der Waals surface area contributed by atoms with E-state index in [2.05, 4.69) is 58.6 Å². The lowest BCUT2D eigenvalue weighted by Gasteiger charge is -2.25. The molecule has 25 heavy (non-hydrogen) atoms. The lowest BCUT2D eigenvalue weighted by Crippen LogP contribution is -2.45. The minimum absolute atomic E-state index is 0.0416. The predicted octanol–water partition coefficient (Wildman–Crippen LogP) is 1.81. The van der Waals surface area contributed by atoms with Crippen molar-refractivity contribution in [1.29, 1.82) is 0 Å². The van der Waals surface area contributed by atoms with E-state index in [1.165, 1.54) is 17.5 Å². The second-order valence-corrected chi connectivity index (χ2v) is 8.64. The molecule has 0 fully saturated rings. The monoisotopic (exact) mass is 368 g/mol. The van der Waals surface area contributed by atoms with Gasteiger partial charge >= 0.3 is 0 Å². The van der Waals surface area contributed by atoms with Crippen LogP contribution in [0.25, 0.3) is 0 Å². The highest BCUT2D eigenvalue weighted by molar-refractivity contribution is 7.90. The molecule has 0 spiro atoms. The van der Waals surface area contributed by atoms with Crippen molar-refractivity contribution in [3.63, 3.8) is 0 Å². The fourth-order valence-corrected chi connectivity index (χ4v) is 3.28. The number of likely N-dealkylation sites (N-methyl/N-ethyl adjacent to an activating group) is 1. The van der Waals surface area contributed by atoms with Crippen LogP contribution >= 0.6 is 0 Å². The summed E-state index contributed by atoms with van der Waals surface area (Å²) in [6.45, 7) is 8.74. The Hall–Kier alpha value is -1.76. The third-order valence-electron chi connectivity index (χ3n) is 3.95. The summed E-state index contributed by atoms with van der Waals surface area (Å²) < 4.78 is 22.5. The van der Waals surface area contributed by atoms with Crippen LogP contribution in [0.15, 0.2) is 29.3 Å². The molecule has 0 heterocycles. The summed E-state index contributed by atoms with van der Waals surface area (Å²) in [5.74, 6) is 0.871. The first kappa shape index (κ1) is 21.3. The summed E-state index contributed by atoms with van der Waals surface area (Å²) in [7, 11) is -1.22. The van der Waals surface area contributed by atoms with Gasteiger partial charge in [-0.15, -0.1) is 0 Å². The first-order valence-electron chi connectivity index (χ1n) is 8.71. The van der Waals surface area contributed by atoms with Crippen LogP contribution in [0.1, 0.15) is 25.8 Å². The number of aryl methyl sites for hydroxylation is 1. The van der Waals surface area contributed by atoms with E-state index in [9.17, 15) is 8.42 Å². The Morgan fingerprint density at radius 2 is 2.08 bits per heavy atom.